The van der Waals surface area contributed by atoms with Gasteiger partial charge in [-0.15, -0.1) is 0 Å². The maximum absolute atomic E-state index is 5.96. The van der Waals surface area contributed by atoms with Crippen LogP contribution in [0, 0.1) is 0 Å². The Morgan fingerprint density at radius 1 is 1.11 bits per heavy atom. The summed E-state index contributed by atoms with van der Waals surface area (Å²) in [5, 5.41) is 5.13. The molecule has 0 amide bonds. The van der Waals surface area contributed by atoms with Gasteiger partial charge in [0, 0.05) is 15.5 Å². The summed E-state index contributed by atoms with van der Waals surface area (Å²) in [6.45, 7) is 0.642. The molecule has 0 radical (unpaired) electrons. The van der Waals surface area contributed by atoms with E-state index in [0.29, 0.717) is 11.6 Å². The number of hydrogen-bond acceptors (Lipinski definition) is 2. The Morgan fingerprint density at radius 2 is 1.95 bits per heavy atom. The van der Waals surface area contributed by atoms with Gasteiger partial charge in [0.25, 0.3) is 0 Å². The zero-order valence-corrected chi connectivity index (χ0v) is 12.3. The zero-order chi connectivity index (χ0) is 13.2. The van der Waals surface area contributed by atoms with Crippen LogP contribution >= 0.6 is 27.5 Å². The van der Waals surface area contributed by atoms with E-state index < -0.39 is 0 Å². The maximum atomic E-state index is 5.96. The van der Waals surface area contributed by atoms with Crippen molar-refractivity contribution in [1.82, 2.24) is 0 Å². The van der Waals surface area contributed by atoms with Crippen molar-refractivity contribution in [2.45, 2.75) is 6.54 Å². The van der Waals surface area contributed by atoms with Gasteiger partial charge in [0.15, 0.2) is 0 Å². The van der Waals surface area contributed by atoms with E-state index in [4.69, 9.17) is 16.0 Å². The van der Waals surface area contributed by atoms with Crippen LogP contribution in [-0.2, 0) is 6.54 Å². The molecule has 0 saturated carbocycles. The Morgan fingerprint density at radius 3 is 2.74 bits per heavy atom. The van der Waals surface area contributed by atoms with Crippen molar-refractivity contribution >= 4 is 44.2 Å². The minimum absolute atomic E-state index is 0.642. The highest BCUT2D eigenvalue weighted by atomic mass is 79.9. The Hall–Kier alpha value is -1.45. The van der Waals surface area contributed by atoms with Crippen LogP contribution in [0.2, 0.25) is 5.02 Å². The molecule has 0 atom stereocenters. The van der Waals surface area contributed by atoms with Crippen LogP contribution in [0.5, 0.6) is 0 Å². The first-order valence-corrected chi connectivity index (χ1v) is 7.06. The molecular formula is C15H11BrClNO. The third-order valence-electron chi connectivity index (χ3n) is 2.86. The van der Waals surface area contributed by atoms with Gasteiger partial charge >= 0.3 is 0 Å². The molecule has 0 fully saturated rings. The van der Waals surface area contributed by atoms with Crippen molar-refractivity contribution in [3.8, 4) is 0 Å². The predicted octanol–water partition coefficient (Wildman–Crippen LogP) is 5.46. The molecule has 0 aliphatic heterocycles. The number of fused-ring (bicyclic) bond motifs is 1. The summed E-state index contributed by atoms with van der Waals surface area (Å²) in [5.41, 5.74) is 1.91. The van der Waals surface area contributed by atoms with Gasteiger partial charge in [0.1, 0.15) is 11.3 Å². The molecule has 0 spiro atoms. The molecule has 96 valence electrons. The van der Waals surface area contributed by atoms with Crippen LogP contribution < -0.4 is 5.32 Å². The largest absolute Gasteiger partial charge is 0.459 e. The summed E-state index contributed by atoms with van der Waals surface area (Å²) in [4.78, 5) is 0. The van der Waals surface area contributed by atoms with Gasteiger partial charge in [-0.2, -0.15) is 0 Å². The average molecular weight is 337 g/mol. The van der Waals surface area contributed by atoms with Crippen molar-refractivity contribution in [2.75, 3.05) is 5.32 Å². The fraction of sp³-hybridized carbons (Fsp3) is 0.0667. The monoisotopic (exact) mass is 335 g/mol. The molecule has 0 aliphatic carbocycles. The van der Waals surface area contributed by atoms with Gasteiger partial charge < -0.3 is 9.73 Å². The highest BCUT2D eigenvalue weighted by molar-refractivity contribution is 9.10. The molecule has 1 N–H and O–H groups in total. The second-order valence-electron chi connectivity index (χ2n) is 4.23. The van der Waals surface area contributed by atoms with Gasteiger partial charge in [-0.1, -0.05) is 29.8 Å². The van der Waals surface area contributed by atoms with E-state index in [1.165, 1.54) is 0 Å². The lowest BCUT2D eigenvalue weighted by atomic mass is 10.2. The molecule has 2 aromatic carbocycles. The summed E-state index contributed by atoms with van der Waals surface area (Å²) in [6, 6.07) is 15.8. The van der Waals surface area contributed by atoms with E-state index in [9.17, 15) is 0 Å². The lowest BCUT2D eigenvalue weighted by Crippen LogP contribution is -1.97. The van der Waals surface area contributed by atoms with E-state index in [1.54, 1.807) is 0 Å². The summed E-state index contributed by atoms with van der Waals surface area (Å²) < 4.78 is 6.62. The molecule has 19 heavy (non-hydrogen) atoms. The first-order valence-electron chi connectivity index (χ1n) is 5.89. The zero-order valence-electron chi connectivity index (χ0n) is 9.99. The highest BCUT2D eigenvalue weighted by Crippen LogP contribution is 2.26. The standard InChI is InChI=1S/C15H11BrClNO/c16-13-8-11(5-6-14(13)17)18-9-12-7-10-3-1-2-4-15(10)19-12/h1-8,18H,9H2. The molecular weight excluding hydrogens is 326 g/mol. The fourth-order valence-electron chi connectivity index (χ4n) is 1.92. The minimum atomic E-state index is 0.642. The Labute approximate surface area is 124 Å². The lowest BCUT2D eigenvalue weighted by molar-refractivity contribution is 0.559. The van der Waals surface area contributed by atoms with E-state index in [2.05, 4.69) is 21.2 Å². The smallest absolute Gasteiger partial charge is 0.134 e. The minimum Gasteiger partial charge on any atom is -0.459 e. The highest BCUT2D eigenvalue weighted by Gasteiger charge is 2.03. The molecule has 1 heterocycles. The van der Waals surface area contributed by atoms with Gasteiger partial charge in [0.05, 0.1) is 11.6 Å². The van der Waals surface area contributed by atoms with Crippen LogP contribution in [0.4, 0.5) is 5.69 Å². The number of furan rings is 1. The fourth-order valence-corrected chi connectivity index (χ4v) is 2.42. The molecule has 2 nitrogen and oxygen atoms in total. The second-order valence-corrected chi connectivity index (χ2v) is 5.49. The molecule has 0 aliphatic rings. The summed E-state index contributed by atoms with van der Waals surface area (Å²) in [5.74, 6) is 0.910. The predicted molar refractivity (Wildman–Crippen MR) is 82.7 cm³/mol. The molecule has 0 unspecified atom stereocenters. The number of benzene rings is 2. The van der Waals surface area contributed by atoms with E-state index in [-0.39, 0.29) is 0 Å². The molecule has 4 heteroatoms. The van der Waals surface area contributed by atoms with Crippen molar-refractivity contribution in [1.29, 1.82) is 0 Å². The molecule has 3 aromatic rings. The van der Waals surface area contributed by atoms with Crippen molar-refractivity contribution in [3.05, 3.63) is 63.8 Å². The summed E-state index contributed by atoms with van der Waals surface area (Å²) in [6.07, 6.45) is 0. The SMILES string of the molecule is Clc1ccc(NCc2cc3ccccc3o2)cc1Br. The lowest BCUT2D eigenvalue weighted by Gasteiger charge is -2.05. The van der Waals surface area contributed by atoms with E-state index in [0.717, 1.165) is 26.9 Å². The maximum Gasteiger partial charge on any atom is 0.134 e. The van der Waals surface area contributed by atoms with Crippen LogP contribution in [0.3, 0.4) is 0 Å². The number of rotatable bonds is 3. The first-order chi connectivity index (χ1) is 9.22. The quantitative estimate of drug-likeness (QED) is 0.687. The van der Waals surface area contributed by atoms with Crippen LogP contribution in [0.15, 0.2) is 57.4 Å². The van der Waals surface area contributed by atoms with Crippen LogP contribution in [0.1, 0.15) is 5.76 Å². The number of halogens is 2. The number of nitrogens with one attached hydrogen (secondary N) is 1. The Kier molecular flexibility index (Phi) is 3.49. The third kappa shape index (κ3) is 2.77. The van der Waals surface area contributed by atoms with E-state index in [1.807, 2.05) is 48.5 Å². The Bertz CT molecular complexity index is 690. The normalized spacial score (nSPS) is 10.8. The first kappa shape index (κ1) is 12.6. The molecule has 0 bridgehead atoms. The molecule has 3 rings (SSSR count). The second kappa shape index (κ2) is 5.27. The van der Waals surface area contributed by atoms with Crippen molar-refractivity contribution in [3.63, 3.8) is 0 Å². The van der Waals surface area contributed by atoms with Crippen molar-refractivity contribution in [2.24, 2.45) is 0 Å². The third-order valence-corrected chi connectivity index (χ3v) is 4.08. The van der Waals surface area contributed by atoms with Crippen molar-refractivity contribution < 1.29 is 4.42 Å². The Balaban J connectivity index is 1.76. The number of para-hydroxylation sites is 1. The number of anilines is 1. The van der Waals surface area contributed by atoms with Gasteiger partial charge in [-0.25, -0.2) is 0 Å². The van der Waals surface area contributed by atoms with E-state index >= 15 is 0 Å². The molecule has 1 aromatic heterocycles. The van der Waals surface area contributed by atoms with Gasteiger partial charge in [0.2, 0.25) is 0 Å². The van der Waals surface area contributed by atoms with Gasteiger partial charge in [-0.05, 0) is 46.3 Å². The summed E-state index contributed by atoms with van der Waals surface area (Å²) in [7, 11) is 0. The summed E-state index contributed by atoms with van der Waals surface area (Å²) >= 11 is 9.36. The molecule has 0 saturated heterocycles. The van der Waals surface area contributed by atoms with Gasteiger partial charge in [-0.3, -0.25) is 0 Å². The van der Waals surface area contributed by atoms with Crippen LogP contribution in [-0.4, -0.2) is 0 Å². The van der Waals surface area contributed by atoms with Crippen LogP contribution in [0.25, 0.3) is 11.0 Å². The number of hydrogen-bond donors (Lipinski definition) is 1. The topological polar surface area (TPSA) is 25.2 Å². The average Bonchev–Trinajstić information content (AvgIpc) is 2.83.